The van der Waals surface area contributed by atoms with Crippen molar-refractivity contribution in [3.63, 3.8) is 0 Å². The van der Waals surface area contributed by atoms with Gasteiger partial charge >= 0.3 is 0 Å². The van der Waals surface area contributed by atoms with Gasteiger partial charge in [0.05, 0.1) is 12.0 Å². The van der Waals surface area contributed by atoms with Crippen molar-refractivity contribution < 1.29 is 19.1 Å². The van der Waals surface area contributed by atoms with E-state index in [-0.39, 0.29) is 48.2 Å². The van der Waals surface area contributed by atoms with Gasteiger partial charge in [-0.2, -0.15) is 0 Å². The zero-order valence-corrected chi connectivity index (χ0v) is 17.6. The van der Waals surface area contributed by atoms with Gasteiger partial charge in [-0.15, -0.1) is 0 Å². The Morgan fingerprint density at radius 2 is 1.87 bits per heavy atom. The Kier molecular flexibility index (Phi) is 6.37. The molecule has 3 aliphatic heterocycles. The first kappa shape index (κ1) is 20.8. The van der Waals surface area contributed by atoms with Gasteiger partial charge in [0.2, 0.25) is 17.7 Å². The molecule has 3 heterocycles. The van der Waals surface area contributed by atoms with Crippen LogP contribution in [-0.2, 0) is 19.1 Å². The third-order valence-electron chi connectivity index (χ3n) is 6.63. The molecule has 1 aromatic rings. The maximum atomic E-state index is 13.0. The SMILES string of the molecule is CC(c1ccccc1)N1CC(C(=O)N2CCC(NC(=O)C3CCCO3)CC2)CC1=O. The molecular weight excluding hydrogens is 382 g/mol. The first-order valence-corrected chi connectivity index (χ1v) is 11.1. The number of amides is 3. The molecule has 4 rings (SSSR count). The summed E-state index contributed by atoms with van der Waals surface area (Å²) in [4.78, 5) is 41.5. The molecule has 3 amide bonds. The predicted molar refractivity (Wildman–Crippen MR) is 111 cm³/mol. The molecule has 3 saturated heterocycles. The highest BCUT2D eigenvalue weighted by molar-refractivity contribution is 5.89. The van der Waals surface area contributed by atoms with E-state index in [4.69, 9.17) is 4.74 Å². The van der Waals surface area contributed by atoms with Crippen LogP contribution >= 0.6 is 0 Å². The van der Waals surface area contributed by atoms with Gasteiger partial charge < -0.3 is 19.9 Å². The molecule has 0 saturated carbocycles. The van der Waals surface area contributed by atoms with E-state index in [1.165, 1.54) is 0 Å². The van der Waals surface area contributed by atoms with Crippen molar-refractivity contribution in [2.45, 2.75) is 57.2 Å². The van der Waals surface area contributed by atoms with Gasteiger partial charge in [-0.1, -0.05) is 30.3 Å². The van der Waals surface area contributed by atoms with Crippen molar-refractivity contribution in [1.29, 1.82) is 0 Å². The Bertz CT molecular complexity index is 770. The fourth-order valence-electron chi connectivity index (χ4n) is 4.76. The molecule has 0 aromatic heterocycles. The van der Waals surface area contributed by atoms with E-state index >= 15 is 0 Å². The second-order valence-corrected chi connectivity index (χ2v) is 8.64. The third kappa shape index (κ3) is 4.51. The lowest BCUT2D eigenvalue weighted by molar-refractivity contribution is -0.137. The van der Waals surface area contributed by atoms with Crippen LogP contribution in [0, 0.1) is 5.92 Å². The summed E-state index contributed by atoms with van der Waals surface area (Å²) in [7, 11) is 0. The summed E-state index contributed by atoms with van der Waals surface area (Å²) in [6.45, 7) is 4.39. The molecule has 3 unspecified atom stereocenters. The van der Waals surface area contributed by atoms with Gasteiger partial charge in [-0.25, -0.2) is 0 Å². The first-order chi connectivity index (χ1) is 14.5. The quantitative estimate of drug-likeness (QED) is 0.800. The average Bonchev–Trinajstić information content (AvgIpc) is 3.44. The van der Waals surface area contributed by atoms with E-state index in [1.807, 2.05) is 47.1 Å². The topological polar surface area (TPSA) is 79.0 Å². The minimum Gasteiger partial charge on any atom is -0.368 e. The predicted octanol–water partition coefficient (Wildman–Crippen LogP) is 1.88. The van der Waals surface area contributed by atoms with Crippen LogP contribution in [0.1, 0.15) is 50.6 Å². The molecule has 0 bridgehead atoms. The number of hydrogen-bond donors (Lipinski definition) is 1. The molecular formula is C23H31N3O4. The molecule has 7 nitrogen and oxygen atoms in total. The Balaban J connectivity index is 1.27. The molecule has 0 radical (unpaired) electrons. The first-order valence-electron chi connectivity index (χ1n) is 11.1. The molecule has 1 aromatic carbocycles. The highest BCUT2D eigenvalue weighted by Gasteiger charge is 2.39. The number of nitrogens with zero attached hydrogens (tertiary/aromatic N) is 2. The second kappa shape index (κ2) is 9.16. The van der Waals surface area contributed by atoms with Crippen LogP contribution in [0.25, 0.3) is 0 Å². The third-order valence-corrected chi connectivity index (χ3v) is 6.63. The van der Waals surface area contributed by atoms with Crippen molar-refractivity contribution in [3.8, 4) is 0 Å². The summed E-state index contributed by atoms with van der Waals surface area (Å²) >= 11 is 0. The molecule has 0 spiro atoms. The number of carbonyl (C=O) groups is 3. The van der Waals surface area contributed by atoms with Crippen molar-refractivity contribution in [2.24, 2.45) is 5.92 Å². The lowest BCUT2D eigenvalue weighted by Crippen LogP contribution is -2.50. The summed E-state index contributed by atoms with van der Waals surface area (Å²) in [5, 5.41) is 3.07. The maximum Gasteiger partial charge on any atom is 0.249 e. The number of hydrogen-bond acceptors (Lipinski definition) is 4. The lowest BCUT2D eigenvalue weighted by atomic mass is 10.0. The molecule has 30 heavy (non-hydrogen) atoms. The Hall–Kier alpha value is -2.41. The minimum absolute atomic E-state index is 0.0239. The van der Waals surface area contributed by atoms with E-state index in [0.717, 1.165) is 31.2 Å². The number of likely N-dealkylation sites (tertiary alicyclic amines) is 2. The molecule has 162 valence electrons. The number of ether oxygens (including phenoxy) is 1. The molecule has 3 atom stereocenters. The average molecular weight is 414 g/mol. The minimum atomic E-state index is -0.313. The normalized spacial score (nSPS) is 26.1. The van der Waals surface area contributed by atoms with Crippen molar-refractivity contribution in [2.75, 3.05) is 26.2 Å². The number of rotatable bonds is 5. The van der Waals surface area contributed by atoms with Gasteiger partial charge in [0.1, 0.15) is 6.10 Å². The standard InChI is InChI=1S/C23H31N3O4/c1-16(17-6-3-2-4-7-17)26-15-18(14-21(26)27)23(29)25-11-9-19(10-12-25)24-22(28)20-8-5-13-30-20/h2-4,6-7,16,18-20H,5,8-15H2,1H3,(H,24,28). The zero-order valence-electron chi connectivity index (χ0n) is 17.6. The van der Waals surface area contributed by atoms with E-state index in [1.54, 1.807) is 0 Å². The van der Waals surface area contributed by atoms with Crippen LogP contribution in [0.2, 0.25) is 0 Å². The molecule has 3 fully saturated rings. The van der Waals surface area contributed by atoms with Crippen LogP contribution in [0.5, 0.6) is 0 Å². The van der Waals surface area contributed by atoms with Crippen molar-refractivity contribution in [1.82, 2.24) is 15.1 Å². The highest BCUT2D eigenvalue weighted by atomic mass is 16.5. The lowest BCUT2D eigenvalue weighted by Gasteiger charge is -2.34. The summed E-state index contributed by atoms with van der Waals surface area (Å²) in [5.74, 6) is -0.190. The number of carbonyl (C=O) groups excluding carboxylic acids is 3. The Labute approximate surface area is 177 Å². The summed E-state index contributed by atoms with van der Waals surface area (Å²) < 4.78 is 5.44. The fourth-order valence-corrected chi connectivity index (χ4v) is 4.76. The van der Waals surface area contributed by atoms with E-state index < -0.39 is 0 Å². The summed E-state index contributed by atoms with van der Waals surface area (Å²) in [5.41, 5.74) is 1.08. The van der Waals surface area contributed by atoms with Crippen LogP contribution < -0.4 is 5.32 Å². The maximum absolute atomic E-state index is 13.0. The van der Waals surface area contributed by atoms with Gasteiger partial charge in [-0.05, 0) is 38.2 Å². The smallest absolute Gasteiger partial charge is 0.249 e. The number of nitrogens with one attached hydrogen (secondary N) is 1. The van der Waals surface area contributed by atoms with Crippen LogP contribution in [-0.4, -0.2) is 65.9 Å². The van der Waals surface area contributed by atoms with Gasteiger partial charge in [0, 0.05) is 38.7 Å². The van der Waals surface area contributed by atoms with E-state index in [0.29, 0.717) is 26.2 Å². The Morgan fingerprint density at radius 3 is 2.53 bits per heavy atom. The Morgan fingerprint density at radius 1 is 1.13 bits per heavy atom. The highest BCUT2D eigenvalue weighted by Crippen LogP contribution is 2.30. The van der Waals surface area contributed by atoms with E-state index in [9.17, 15) is 14.4 Å². The molecule has 3 aliphatic rings. The molecule has 1 N–H and O–H groups in total. The van der Waals surface area contributed by atoms with Gasteiger partial charge in [0.15, 0.2) is 0 Å². The van der Waals surface area contributed by atoms with Gasteiger partial charge in [0.25, 0.3) is 0 Å². The molecule has 0 aliphatic carbocycles. The molecule has 7 heteroatoms. The van der Waals surface area contributed by atoms with Crippen LogP contribution in [0.4, 0.5) is 0 Å². The monoisotopic (exact) mass is 413 g/mol. The van der Waals surface area contributed by atoms with Crippen molar-refractivity contribution >= 4 is 17.7 Å². The second-order valence-electron chi connectivity index (χ2n) is 8.64. The van der Waals surface area contributed by atoms with Crippen molar-refractivity contribution in [3.05, 3.63) is 35.9 Å². The number of benzene rings is 1. The fraction of sp³-hybridized carbons (Fsp3) is 0.609. The summed E-state index contributed by atoms with van der Waals surface area (Å²) in [6, 6.07) is 9.99. The summed E-state index contributed by atoms with van der Waals surface area (Å²) in [6.07, 6.45) is 3.18. The number of piperidine rings is 1. The van der Waals surface area contributed by atoms with Crippen LogP contribution in [0.3, 0.4) is 0 Å². The van der Waals surface area contributed by atoms with Crippen LogP contribution in [0.15, 0.2) is 30.3 Å². The zero-order chi connectivity index (χ0) is 21.1. The van der Waals surface area contributed by atoms with Gasteiger partial charge in [-0.3, -0.25) is 14.4 Å². The largest absolute Gasteiger partial charge is 0.368 e. The van der Waals surface area contributed by atoms with E-state index in [2.05, 4.69) is 5.32 Å².